The van der Waals surface area contributed by atoms with Crippen LogP contribution < -0.4 is 0 Å². The lowest BCUT2D eigenvalue weighted by atomic mass is 9.88. The number of hydrogen-bond acceptors (Lipinski definition) is 5. The van der Waals surface area contributed by atoms with Crippen molar-refractivity contribution < 1.29 is 4.42 Å². The average molecular weight is 854 g/mol. The second kappa shape index (κ2) is 15.4. The second-order valence-electron chi connectivity index (χ2n) is 16.8. The summed E-state index contributed by atoms with van der Waals surface area (Å²) in [4.78, 5) is 24.1. The maximum Gasteiger partial charge on any atom is 0.194 e. The van der Waals surface area contributed by atoms with Crippen LogP contribution in [-0.2, 0) is 0 Å². The van der Waals surface area contributed by atoms with Gasteiger partial charge in [0.25, 0.3) is 0 Å². The molecule has 67 heavy (non-hydrogen) atoms. The van der Waals surface area contributed by atoms with Crippen LogP contribution in [-0.4, -0.2) is 19.9 Å². The summed E-state index contributed by atoms with van der Waals surface area (Å²) in [6.07, 6.45) is 1.88. The molecule has 0 aliphatic rings. The molecule has 0 saturated carbocycles. The molecule has 0 aliphatic heterocycles. The van der Waals surface area contributed by atoms with E-state index in [1.807, 2.05) is 97.2 Å². The van der Waals surface area contributed by atoms with Crippen molar-refractivity contribution in [3.8, 4) is 67.5 Å². The fourth-order valence-electron chi connectivity index (χ4n) is 9.79. The predicted octanol–water partition coefficient (Wildman–Crippen LogP) is 16.3. The van der Waals surface area contributed by atoms with Gasteiger partial charge in [0.2, 0.25) is 0 Å². The molecule has 10 aromatic carbocycles. The molecule has 0 amide bonds. The minimum Gasteiger partial charge on any atom is -0.456 e. The Hall–Kier alpha value is -9.31. The van der Waals surface area contributed by atoms with Gasteiger partial charge in [-0.2, -0.15) is 0 Å². The highest BCUT2D eigenvalue weighted by Crippen LogP contribution is 2.43. The van der Waals surface area contributed by atoms with Gasteiger partial charge >= 0.3 is 0 Å². The monoisotopic (exact) mass is 853 g/mol. The van der Waals surface area contributed by atoms with E-state index in [9.17, 15) is 0 Å². The quantitative estimate of drug-likeness (QED) is 0.123. The van der Waals surface area contributed by atoms with E-state index in [4.69, 9.17) is 30.9 Å². The Morgan fingerprint density at radius 2 is 0.881 bits per heavy atom. The first kappa shape index (κ1) is 38.2. The number of fused-ring (bicyclic) bond motifs is 9. The fraction of sp³-hybridized carbons (Fsp3) is 0. The Labute approximate surface area is 385 Å². The third kappa shape index (κ3) is 6.41. The second-order valence-corrected chi connectivity index (χ2v) is 16.8. The normalized spacial score (nSPS) is 11.6. The van der Waals surface area contributed by atoms with Crippen LogP contribution in [0, 0.1) is 6.57 Å². The van der Waals surface area contributed by atoms with E-state index in [0.29, 0.717) is 23.2 Å². The summed E-state index contributed by atoms with van der Waals surface area (Å²) in [6, 6.07) is 71.3. The van der Waals surface area contributed by atoms with Crippen LogP contribution in [0.1, 0.15) is 0 Å². The molecule has 0 unspecified atom stereocenters. The Morgan fingerprint density at radius 1 is 0.328 bits per heavy atom. The summed E-state index contributed by atoms with van der Waals surface area (Å²) < 4.78 is 6.16. The molecular weight excluding hydrogens is 819 g/mol. The number of para-hydroxylation sites is 1. The van der Waals surface area contributed by atoms with E-state index in [1.54, 1.807) is 0 Å². The molecule has 6 nitrogen and oxygen atoms in total. The first-order valence-electron chi connectivity index (χ1n) is 22.2. The summed E-state index contributed by atoms with van der Waals surface area (Å²) in [7, 11) is 0. The molecule has 3 aromatic heterocycles. The maximum atomic E-state index is 7.70. The molecule has 0 N–H and O–H groups in total. The molecule has 13 aromatic rings. The zero-order chi connectivity index (χ0) is 44.4. The lowest BCUT2D eigenvalue weighted by molar-refractivity contribution is 0.669. The molecule has 0 fully saturated rings. The van der Waals surface area contributed by atoms with Crippen molar-refractivity contribution in [2.45, 2.75) is 0 Å². The first-order chi connectivity index (χ1) is 33.1. The zero-order valence-electron chi connectivity index (χ0n) is 35.9. The van der Waals surface area contributed by atoms with Gasteiger partial charge in [0.05, 0.1) is 12.1 Å². The third-order valence-corrected chi connectivity index (χ3v) is 13.0. The first-order valence-corrected chi connectivity index (χ1v) is 22.2. The number of rotatable bonds is 6. The third-order valence-electron chi connectivity index (χ3n) is 13.0. The Bertz CT molecular complexity index is 4170. The van der Waals surface area contributed by atoms with Gasteiger partial charge in [-0.25, -0.2) is 19.8 Å². The lowest BCUT2D eigenvalue weighted by Crippen LogP contribution is -2.00. The molecule has 0 aliphatic carbocycles. The van der Waals surface area contributed by atoms with Crippen LogP contribution >= 0.6 is 0 Å². The van der Waals surface area contributed by atoms with Crippen LogP contribution in [0.2, 0.25) is 0 Å². The van der Waals surface area contributed by atoms with Crippen LogP contribution in [0.4, 0.5) is 5.69 Å². The molecule has 3 heterocycles. The topological polar surface area (TPSA) is 69.1 Å². The standard InChI is InChI=1S/C61H35N5O/c1-62-55-30-29-43(44-17-7-8-20-47(44)55)37-24-26-38(27-25-37)51-36-52-46-19-6-5-18-45(46)50(35-53(52)49-22-12-32-63-58(49)51)40-15-11-16-41(33-40)60-64-59(39-13-3-2-4-14-39)65-61(66-60)42-28-31-57-54(34-42)48-21-9-10-23-56(48)67-57/h2-36H. The highest BCUT2D eigenvalue weighted by atomic mass is 16.3. The SMILES string of the molecule is [C-]#[N+]c1ccc(-c2ccc(-c3cc4c5ccccc5c(-c5cccc(-c6nc(-c7ccccc7)nc(-c7ccc8oc9ccccc9c8c7)n6)c5)cc4c4cccnc34)cc2)c2ccccc12. The molecule has 0 spiro atoms. The van der Waals surface area contributed by atoms with Gasteiger partial charge in [-0.3, -0.25) is 4.98 Å². The van der Waals surface area contributed by atoms with Gasteiger partial charge in [-0.15, -0.1) is 0 Å². The summed E-state index contributed by atoms with van der Waals surface area (Å²) in [5.74, 6) is 1.78. The van der Waals surface area contributed by atoms with E-state index < -0.39 is 0 Å². The minimum atomic E-state index is 0.589. The molecule has 0 atom stereocenters. The van der Waals surface area contributed by atoms with Crippen LogP contribution in [0.3, 0.4) is 0 Å². The molecule has 13 rings (SSSR count). The van der Waals surface area contributed by atoms with Crippen LogP contribution in [0.15, 0.2) is 217 Å². The van der Waals surface area contributed by atoms with Crippen molar-refractivity contribution in [3.63, 3.8) is 0 Å². The largest absolute Gasteiger partial charge is 0.456 e. The maximum absolute atomic E-state index is 7.70. The van der Waals surface area contributed by atoms with Gasteiger partial charge in [0, 0.05) is 44.6 Å². The number of hydrogen-bond donors (Lipinski definition) is 0. The van der Waals surface area contributed by atoms with E-state index in [-0.39, 0.29) is 0 Å². The number of furan rings is 1. The molecule has 6 heteroatoms. The van der Waals surface area contributed by atoms with Crippen molar-refractivity contribution in [2.24, 2.45) is 0 Å². The van der Waals surface area contributed by atoms with Gasteiger partial charge in [0.15, 0.2) is 23.2 Å². The van der Waals surface area contributed by atoms with Crippen molar-refractivity contribution in [1.82, 2.24) is 19.9 Å². The van der Waals surface area contributed by atoms with Crippen LogP contribution in [0.5, 0.6) is 0 Å². The number of benzene rings is 10. The average Bonchev–Trinajstić information content (AvgIpc) is 3.78. The fourth-order valence-corrected chi connectivity index (χ4v) is 9.79. The summed E-state index contributed by atoms with van der Waals surface area (Å²) in [5, 5.41) is 9.78. The Kier molecular flexibility index (Phi) is 8.80. The number of pyridine rings is 1. The smallest absolute Gasteiger partial charge is 0.194 e. The van der Waals surface area contributed by atoms with Crippen molar-refractivity contribution in [1.29, 1.82) is 0 Å². The van der Waals surface area contributed by atoms with Gasteiger partial charge in [0.1, 0.15) is 11.2 Å². The molecule has 0 radical (unpaired) electrons. The van der Waals surface area contributed by atoms with Crippen molar-refractivity contribution in [3.05, 3.63) is 224 Å². The van der Waals surface area contributed by atoms with E-state index >= 15 is 0 Å². The van der Waals surface area contributed by atoms with Gasteiger partial charge in [-0.05, 0) is 109 Å². The molecule has 310 valence electrons. The van der Waals surface area contributed by atoms with E-state index in [2.05, 4.69) is 120 Å². The molecule has 0 bridgehead atoms. The minimum absolute atomic E-state index is 0.589. The van der Waals surface area contributed by atoms with Crippen molar-refractivity contribution in [2.75, 3.05) is 0 Å². The van der Waals surface area contributed by atoms with Crippen molar-refractivity contribution >= 4 is 70.8 Å². The predicted molar refractivity (Wildman–Crippen MR) is 274 cm³/mol. The summed E-state index contributed by atoms with van der Waals surface area (Å²) >= 11 is 0. The Morgan fingerprint density at radius 3 is 1.66 bits per heavy atom. The summed E-state index contributed by atoms with van der Waals surface area (Å²) in [5.41, 5.74) is 12.5. The number of aromatic nitrogens is 4. The molecule has 0 saturated heterocycles. The highest BCUT2D eigenvalue weighted by Gasteiger charge is 2.19. The summed E-state index contributed by atoms with van der Waals surface area (Å²) in [6.45, 7) is 7.70. The zero-order valence-corrected chi connectivity index (χ0v) is 35.9. The van der Waals surface area contributed by atoms with Crippen LogP contribution in [0.25, 0.3) is 138 Å². The highest BCUT2D eigenvalue weighted by molar-refractivity contribution is 6.23. The number of nitrogens with zero attached hydrogens (tertiary/aromatic N) is 5. The van der Waals surface area contributed by atoms with E-state index in [1.165, 1.54) is 0 Å². The molecular formula is C61H35N5O. The van der Waals surface area contributed by atoms with Gasteiger partial charge < -0.3 is 4.42 Å². The van der Waals surface area contributed by atoms with E-state index in [0.717, 1.165) is 115 Å². The van der Waals surface area contributed by atoms with Gasteiger partial charge in [-0.1, -0.05) is 158 Å². The lowest BCUT2D eigenvalue weighted by Gasteiger charge is -2.16. The Balaban J connectivity index is 0.942.